The molecule has 0 radical (unpaired) electrons. The average Bonchev–Trinajstić information content (AvgIpc) is 3.36. The van der Waals surface area contributed by atoms with E-state index in [0.29, 0.717) is 28.1 Å². The number of pyridine rings is 2. The van der Waals surface area contributed by atoms with Crippen LogP contribution in [0.5, 0.6) is 0 Å². The van der Waals surface area contributed by atoms with Gasteiger partial charge in [-0.3, -0.25) is 24.5 Å². The first-order valence-electron chi connectivity index (χ1n) is 13.4. The van der Waals surface area contributed by atoms with Gasteiger partial charge < -0.3 is 4.90 Å². The molecule has 0 spiro atoms. The Bertz CT molecular complexity index is 1670. The Labute approximate surface area is 244 Å². The highest BCUT2D eigenvalue weighted by atomic mass is 32.2. The van der Waals surface area contributed by atoms with Crippen LogP contribution in [0.25, 0.3) is 0 Å². The van der Waals surface area contributed by atoms with Gasteiger partial charge >= 0.3 is 0 Å². The topological polar surface area (TPSA) is 131 Å². The molecule has 11 nitrogen and oxygen atoms in total. The van der Waals surface area contributed by atoms with Gasteiger partial charge in [0.2, 0.25) is 0 Å². The quantitative estimate of drug-likeness (QED) is 0.304. The van der Waals surface area contributed by atoms with E-state index >= 15 is 0 Å². The van der Waals surface area contributed by atoms with Gasteiger partial charge in [-0.1, -0.05) is 0 Å². The summed E-state index contributed by atoms with van der Waals surface area (Å²) < 4.78 is 28.3. The number of amides is 1. The first kappa shape index (κ1) is 27.7. The number of benzene rings is 1. The van der Waals surface area contributed by atoms with Crippen molar-refractivity contribution in [1.29, 1.82) is 5.26 Å². The zero-order valence-electron chi connectivity index (χ0n) is 23.3. The zero-order chi connectivity index (χ0) is 29.8. The third kappa shape index (κ3) is 4.12. The van der Waals surface area contributed by atoms with E-state index in [2.05, 4.69) is 16.0 Å². The Morgan fingerprint density at radius 2 is 1.50 bits per heavy atom. The highest BCUT2D eigenvalue weighted by Gasteiger charge is 2.67. The summed E-state index contributed by atoms with van der Waals surface area (Å²) in [4.78, 5) is 40.3. The van der Waals surface area contributed by atoms with E-state index in [0.717, 1.165) is 0 Å². The maximum atomic E-state index is 14.9. The standard InChI is InChI=1S/C30H29N7O4S/c1-34(2)42(40,41)36-18-24-25(19-36)28(24)37-27(16-26(38)21-6-4-20(17-31)5-7-21)35(3)30(29(37)39,22-8-12-32-13-9-22)23-10-14-33-15-11-23/h4-16,24-25,28H,18-19H2,1-3H3/t24-,25+,28+. The second kappa shape index (κ2) is 10.1. The minimum absolute atomic E-state index is 0.0730. The van der Waals surface area contributed by atoms with E-state index in [1.807, 2.05) is 4.90 Å². The van der Waals surface area contributed by atoms with Gasteiger partial charge in [-0.05, 0) is 59.7 Å². The number of hydrogen-bond acceptors (Lipinski definition) is 8. The van der Waals surface area contributed by atoms with Crippen LogP contribution >= 0.6 is 0 Å². The largest absolute Gasteiger partial charge is 0.339 e. The summed E-state index contributed by atoms with van der Waals surface area (Å²) in [5, 5.41) is 9.17. The van der Waals surface area contributed by atoms with Gasteiger partial charge in [0.25, 0.3) is 16.1 Å². The van der Waals surface area contributed by atoms with Crippen LogP contribution in [0.3, 0.4) is 0 Å². The molecule has 3 fully saturated rings. The first-order valence-corrected chi connectivity index (χ1v) is 14.8. The molecule has 4 heterocycles. The molecule has 42 heavy (non-hydrogen) atoms. The van der Waals surface area contributed by atoms with Crippen molar-refractivity contribution in [3.63, 3.8) is 0 Å². The molecule has 1 aromatic carbocycles. The van der Waals surface area contributed by atoms with Crippen LogP contribution < -0.4 is 0 Å². The van der Waals surface area contributed by atoms with E-state index in [4.69, 9.17) is 5.26 Å². The van der Waals surface area contributed by atoms with E-state index in [9.17, 15) is 18.0 Å². The number of allylic oxidation sites excluding steroid dienone is 1. The van der Waals surface area contributed by atoms with Crippen LogP contribution in [-0.2, 0) is 20.5 Å². The Morgan fingerprint density at radius 1 is 0.976 bits per heavy atom. The second-order valence-electron chi connectivity index (χ2n) is 10.9. The Morgan fingerprint density at radius 3 is 1.98 bits per heavy atom. The van der Waals surface area contributed by atoms with Crippen molar-refractivity contribution < 1.29 is 18.0 Å². The summed E-state index contributed by atoms with van der Waals surface area (Å²) in [7, 11) is 1.21. The normalized spacial score (nSPS) is 24.2. The molecule has 2 saturated heterocycles. The summed E-state index contributed by atoms with van der Waals surface area (Å²) in [6.45, 7) is 0.579. The molecule has 1 saturated carbocycles. The molecule has 2 aromatic heterocycles. The van der Waals surface area contributed by atoms with Crippen molar-refractivity contribution in [2.24, 2.45) is 11.8 Å². The number of rotatable bonds is 7. The van der Waals surface area contributed by atoms with Gasteiger partial charge in [0, 0.05) is 88.5 Å². The van der Waals surface area contributed by atoms with Gasteiger partial charge in [0.05, 0.1) is 11.6 Å². The predicted octanol–water partition coefficient (Wildman–Crippen LogP) is 1.83. The smallest absolute Gasteiger partial charge is 0.281 e. The Balaban J connectivity index is 1.46. The fourth-order valence-electron chi connectivity index (χ4n) is 6.37. The van der Waals surface area contributed by atoms with E-state index in [1.165, 1.54) is 28.8 Å². The zero-order valence-corrected chi connectivity index (χ0v) is 24.1. The SMILES string of the molecule is CN1C(=CC(=O)c2ccc(C#N)cc2)N([C@H]2[C@@H]3CN(S(=O)(=O)N(C)C)C[C@@H]32)C(=O)C1(c1ccncc1)c1ccncc1. The lowest BCUT2D eigenvalue weighted by Gasteiger charge is -2.35. The molecular weight excluding hydrogens is 554 g/mol. The molecule has 0 N–H and O–H groups in total. The summed E-state index contributed by atoms with van der Waals surface area (Å²) in [5.74, 6) is -0.276. The molecule has 1 aliphatic carbocycles. The van der Waals surface area contributed by atoms with Gasteiger partial charge in [0.15, 0.2) is 11.3 Å². The van der Waals surface area contributed by atoms with Crippen molar-refractivity contribution in [3.05, 3.63) is 107 Å². The van der Waals surface area contributed by atoms with Crippen LogP contribution in [-0.4, -0.2) is 88.8 Å². The van der Waals surface area contributed by atoms with E-state index in [1.54, 1.807) is 85.3 Å². The lowest BCUT2D eigenvalue weighted by Crippen LogP contribution is -2.47. The van der Waals surface area contributed by atoms with E-state index < -0.39 is 15.7 Å². The maximum Gasteiger partial charge on any atom is 0.281 e. The number of aromatic nitrogens is 2. The predicted molar refractivity (Wildman–Crippen MR) is 152 cm³/mol. The number of nitriles is 1. The van der Waals surface area contributed by atoms with Gasteiger partial charge in [-0.25, -0.2) is 0 Å². The molecule has 0 bridgehead atoms. The number of hydrogen-bond donors (Lipinski definition) is 0. The lowest BCUT2D eigenvalue weighted by molar-refractivity contribution is -0.132. The Kier molecular flexibility index (Phi) is 6.68. The number of likely N-dealkylation sites (N-methyl/N-ethyl adjacent to an activating group) is 1. The summed E-state index contributed by atoms with van der Waals surface area (Å²) in [5.41, 5.74) is 0.865. The minimum Gasteiger partial charge on any atom is -0.339 e. The molecular formula is C30H29N7O4S. The van der Waals surface area contributed by atoms with Gasteiger partial charge in [-0.15, -0.1) is 0 Å². The fraction of sp³-hybridized carbons (Fsp3) is 0.300. The van der Waals surface area contributed by atoms with Gasteiger partial charge in [-0.2, -0.15) is 22.3 Å². The number of piperidine rings is 1. The monoisotopic (exact) mass is 583 g/mol. The number of fused-ring (bicyclic) bond motifs is 1. The highest BCUT2D eigenvalue weighted by Crippen LogP contribution is 2.56. The second-order valence-corrected chi connectivity index (χ2v) is 13.0. The number of carbonyl (C=O) groups is 2. The maximum absolute atomic E-state index is 14.9. The van der Waals surface area contributed by atoms with Crippen LogP contribution in [0, 0.1) is 23.2 Å². The van der Waals surface area contributed by atoms with Crippen LogP contribution in [0.1, 0.15) is 27.0 Å². The molecule has 2 aliphatic heterocycles. The molecule has 3 atom stereocenters. The summed E-state index contributed by atoms with van der Waals surface area (Å²) >= 11 is 0. The van der Waals surface area contributed by atoms with Crippen molar-refractivity contribution in [1.82, 2.24) is 28.4 Å². The number of ketones is 1. The third-order valence-corrected chi connectivity index (χ3v) is 10.5. The fourth-order valence-corrected chi connectivity index (χ4v) is 7.55. The molecule has 214 valence electrons. The summed E-state index contributed by atoms with van der Waals surface area (Å²) in [6, 6.07) is 15.3. The first-order chi connectivity index (χ1) is 20.1. The molecule has 3 aliphatic rings. The van der Waals surface area contributed by atoms with Crippen LogP contribution in [0.4, 0.5) is 0 Å². The Hall–Kier alpha value is -4.44. The van der Waals surface area contributed by atoms with Crippen molar-refractivity contribution in [3.8, 4) is 6.07 Å². The molecule has 6 rings (SSSR count). The molecule has 1 amide bonds. The lowest BCUT2D eigenvalue weighted by atomic mass is 9.82. The van der Waals surface area contributed by atoms with Crippen molar-refractivity contribution >= 4 is 21.9 Å². The van der Waals surface area contributed by atoms with Gasteiger partial charge in [0.1, 0.15) is 5.82 Å². The minimum atomic E-state index is -3.59. The van der Waals surface area contributed by atoms with Crippen LogP contribution in [0.2, 0.25) is 0 Å². The number of nitrogens with zero attached hydrogens (tertiary/aromatic N) is 7. The highest BCUT2D eigenvalue weighted by molar-refractivity contribution is 7.86. The van der Waals surface area contributed by atoms with Crippen molar-refractivity contribution in [2.75, 3.05) is 34.2 Å². The van der Waals surface area contributed by atoms with Crippen LogP contribution in [0.15, 0.2) is 85.2 Å². The van der Waals surface area contributed by atoms with Crippen molar-refractivity contribution in [2.45, 2.75) is 11.6 Å². The molecule has 0 unspecified atom stereocenters. The summed E-state index contributed by atoms with van der Waals surface area (Å²) in [6.07, 6.45) is 7.98. The molecule has 12 heteroatoms. The average molecular weight is 584 g/mol. The molecule has 3 aromatic rings. The number of carbonyl (C=O) groups excluding carboxylic acids is 2. The third-order valence-electron chi connectivity index (χ3n) is 8.58. The van der Waals surface area contributed by atoms with E-state index in [-0.39, 0.29) is 42.7 Å².